The highest BCUT2D eigenvalue weighted by molar-refractivity contribution is 6.07. The average Bonchev–Trinajstić information content (AvgIpc) is 2.32. The number of carbonyl (C=O) groups is 2. The lowest BCUT2D eigenvalue weighted by Gasteiger charge is -2.19. The number of allylic oxidation sites excluding steroid dienone is 1. The molecule has 1 unspecified atom stereocenters. The molecule has 0 saturated carbocycles. The van der Waals surface area contributed by atoms with E-state index < -0.39 is 5.54 Å². The van der Waals surface area contributed by atoms with Crippen LogP contribution in [-0.4, -0.2) is 29.4 Å². The van der Waals surface area contributed by atoms with Crippen molar-refractivity contribution in [2.75, 3.05) is 7.05 Å². The SMILES string of the molecule is C/C=C\C1(CC)NC(=O)N(C)C1=O. The highest BCUT2D eigenvalue weighted by atomic mass is 16.2. The first kappa shape index (κ1) is 9.77. The van der Waals surface area contributed by atoms with Gasteiger partial charge in [0.25, 0.3) is 5.91 Å². The zero-order valence-electron chi connectivity index (χ0n) is 8.13. The van der Waals surface area contributed by atoms with E-state index in [4.69, 9.17) is 0 Å². The molecule has 1 saturated heterocycles. The molecule has 13 heavy (non-hydrogen) atoms. The number of urea groups is 1. The fourth-order valence-electron chi connectivity index (χ4n) is 1.47. The summed E-state index contributed by atoms with van der Waals surface area (Å²) in [5, 5.41) is 2.67. The van der Waals surface area contributed by atoms with Crippen LogP contribution in [0.4, 0.5) is 4.79 Å². The zero-order chi connectivity index (χ0) is 10.1. The Balaban J connectivity index is 3.03. The Kier molecular flexibility index (Phi) is 2.40. The van der Waals surface area contributed by atoms with Crippen LogP contribution in [0.15, 0.2) is 12.2 Å². The molecule has 1 fully saturated rings. The Hall–Kier alpha value is -1.32. The van der Waals surface area contributed by atoms with Crippen molar-refractivity contribution in [1.29, 1.82) is 0 Å². The molecule has 0 aromatic carbocycles. The van der Waals surface area contributed by atoms with E-state index in [-0.39, 0.29) is 11.9 Å². The van der Waals surface area contributed by atoms with E-state index >= 15 is 0 Å². The van der Waals surface area contributed by atoms with Crippen LogP contribution in [0.5, 0.6) is 0 Å². The zero-order valence-corrected chi connectivity index (χ0v) is 8.13. The Morgan fingerprint density at radius 3 is 2.46 bits per heavy atom. The molecule has 0 bridgehead atoms. The predicted octanol–water partition coefficient (Wildman–Crippen LogP) is 0.893. The number of hydrogen-bond donors (Lipinski definition) is 1. The molecule has 1 atom stereocenters. The summed E-state index contributed by atoms with van der Waals surface area (Å²) in [5.41, 5.74) is -0.805. The molecule has 4 heteroatoms. The summed E-state index contributed by atoms with van der Waals surface area (Å²) >= 11 is 0. The second-order valence-corrected chi connectivity index (χ2v) is 3.12. The number of nitrogens with one attached hydrogen (secondary N) is 1. The Bertz CT molecular complexity index is 273. The number of carbonyl (C=O) groups excluding carboxylic acids is 2. The minimum atomic E-state index is -0.805. The molecular weight excluding hydrogens is 168 g/mol. The molecular formula is C9H14N2O2. The van der Waals surface area contributed by atoms with Crippen molar-refractivity contribution < 1.29 is 9.59 Å². The normalized spacial score (nSPS) is 28.7. The first-order chi connectivity index (χ1) is 6.07. The van der Waals surface area contributed by atoms with Crippen LogP contribution in [0.2, 0.25) is 0 Å². The average molecular weight is 182 g/mol. The number of imide groups is 1. The molecule has 0 spiro atoms. The molecule has 0 aliphatic carbocycles. The quantitative estimate of drug-likeness (QED) is 0.509. The molecule has 0 aromatic heterocycles. The van der Waals surface area contributed by atoms with Gasteiger partial charge in [0.05, 0.1) is 0 Å². The van der Waals surface area contributed by atoms with Crippen LogP contribution >= 0.6 is 0 Å². The summed E-state index contributed by atoms with van der Waals surface area (Å²) in [6, 6.07) is -0.329. The van der Waals surface area contributed by atoms with Crippen molar-refractivity contribution in [3.05, 3.63) is 12.2 Å². The van der Waals surface area contributed by atoms with Crippen molar-refractivity contribution in [1.82, 2.24) is 10.2 Å². The van der Waals surface area contributed by atoms with E-state index in [0.717, 1.165) is 4.90 Å². The van der Waals surface area contributed by atoms with E-state index in [2.05, 4.69) is 5.32 Å². The fraction of sp³-hybridized carbons (Fsp3) is 0.556. The van der Waals surface area contributed by atoms with Gasteiger partial charge in [-0.25, -0.2) is 4.79 Å². The number of amides is 3. The first-order valence-electron chi connectivity index (χ1n) is 4.31. The van der Waals surface area contributed by atoms with E-state index in [9.17, 15) is 9.59 Å². The number of rotatable bonds is 2. The summed E-state index contributed by atoms with van der Waals surface area (Å²) in [7, 11) is 1.48. The van der Waals surface area contributed by atoms with Gasteiger partial charge in [-0.1, -0.05) is 19.1 Å². The number of likely N-dealkylation sites (N-methyl/N-ethyl adjacent to an activating group) is 1. The molecule has 1 heterocycles. The second-order valence-electron chi connectivity index (χ2n) is 3.12. The minimum absolute atomic E-state index is 0.182. The molecule has 0 aromatic rings. The van der Waals surface area contributed by atoms with Gasteiger partial charge in [0, 0.05) is 7.05 Å². The molecule has 1 rings (SSSR count). The van der Waals surface area contributed by atoms with Crippen LogP contribution in [0, 0.1) is 0 Å². The van der Waals surface area contributed by atoms with E-state index in [0.29, 0.717) is 6.42 Å². The van der Waals surface area contributed by atoms with Gasteiger partial charge in [0.15, 0.2) is 0 Å². The first-order valence-corrected chi connectivity index (χ1v) is 4.31. The predicted molar refractivity (Wildman–Crippen MR) is 49.1 cm³/mol. The van der Waals surface area contributed by atoms with Gasteiger partial charge in [0.1, 0.15) is 5.54 Å². The van der Waals surface area contributed by atoms with Crippen molar-refractivity contribution in [3.8, 4) is 0 Å². The third-order valence-electron chi connectivity index (χ3n) is 2.33. The van der Waals surface area contributed by atoms with Gasteiger partial charge in [-0.2, -0.15) is 0 Å². The van der Waals surface area contributed by atoms with E-state index in [1.807, 2.05) is 13.8 Å². The van der Waals surface area contributed by atoms with Gasteiger partial charge in [-0.3, -0.25) is 9.69 Å². The summed E-state index contributed by atoms with van der Waals surface area (Å²) < 4.78 is 0. The largest absolute Gasteiger partial charge is 0.325 e. The van der Waals surface area contributed by atoms with Crippen molar-refractivity contribution >= 4 is 11.9 Å². The lowest BCUT2D eigenvalue weighted by molar-refractivity contribution is -0.128. The molecule has 1 aliphatic heterocycles. The van der Waals surface area contributed by atoms with Crippen molar-refractivity contribution in [3.63, 3.8) is 0 Å². The van der Waals surface area contributed by atoms with E-state index in [1.54, 1.807) is 12.2 Å². The van der Waals surface area contributed by atoms with Crippen LogP contribution in [-0.2, 0) is 4.79 Å². The lowest BCUT2D eigenvalue weighted by atomic mass is 9.96. The van der Waals surface area contributed by atoms with Crippen LogP contribution < -0.4 is 5.32 Å². The van der Waals surface area contributed by atoms with Crippen LogP contribution in [0.25, 0.3) is 0 Å². The Morgan fingerprint density at radius 1 is 1.54 bits per heavy atom. The maximum absolute atomic E-state index is 11.6. The van der Waals surface area contributed by atoms with Gasteiger partial charge < -0.3 is 5.32 Å². The number of nitrogens with zero attached hydrogens (tertiary/aromatic N) is 1. The Morgan fingerprint density at radius 2 is 2.15 bits per heavy atom. The molecule has 0 radical (unpaired) electrons. The van der Waals surface area contributed by atoms with Gasteiger partial charge >= 0.3 is 6.03 Å². The standard InChI is InChI=1S/C9H14N2O2/c1-4-6-9(5-2)7(12)11(3)8(13)10-9/h4,6H,5H2,1-3H3,(H,10,13)/b6-4-. The summed E-state index contributed by atoms with van der Waals surface area (Å²) in [6.45, 7) is 3.70. The summed E-state index contributed by atoms with van der Waals surface area (Å²) in [6.07, 6.45) is 4.09. The van der Waals surface area contributed by atoms with Crippen LogP contribution in [0.1, 0.15) is 20.3 Å². The maximum Gasteiger partial charge on any atom is 0.325 e. The lowest BCUT2D eigenvalue weighted by Crippen LogP contribution is -2.44. The second kappa shape index (κ2) is 3.20. The smallest absolute Gasteiger partial charge is 0.320 e. The fourth-order valence-corrected chi connectivity index (χ4v) is 1.47. The third kappa shape index (κ3) is 1.32. The topological polar surface area (TPSA) is 49.4 Å². The Labute approximate surface area is 77.6 Å². The highest BCUT2D eigenvalue weighted by Gasteiger charge is 2.46. The molecule has 72 valence electrons. The monoisotopic (exact) mass is 182 g/mol. The van der Waals surface area contributed by atoms with Gasteiger partial charge in [-0.15, -0.1) is 0 Å². The summed E-state index contributed by atoms with van der Waals surface area (Å²) in [5.74, 6) is -0.182. The van der Waals surface area contributed by atoms with Crippen molar-refractivity contribution in [2.45, 2.75) is 25.8 Å². The maximum atomic E-state index is 11.6. The van der Waals surface area contributed by atoms with E-state index in [1.165, 1.54) is 7.05 Å². The molecule has 3 amide bonds. The van der Waals surface area contributed by atoms with Gasteiger partial charge in [-0.05, 0) is 13.3 Å². The number of hydrogen-bond acceptors (Lipinski definition) is 2. The van der Waals surface area contributed by atoms with Gasteiger partial charge in [0.2, 0.25) is 0 Å². The molecule has 4 nitrogen and oxygen atoms in total. The summed E-state index contributed by atoms with van der Waals surface area (Å²) in [4.78, 5) is 24.0. The van der Waals surface area contributed by atoms with Crippen molar-refractivity contribution in [2.24, 2.45) is 0 Å². The third-order valence-corrected chi connectivity index (χ3v) is 2.33. The minimum Gasteiger partial charge on any atom is -0.320 e. The molecule has 1 N–H and O–H groups in total. The highest BCUT2D eigenvalue weighted by Crippen LogP contribution is 2.21. The molecule has 1 aliphatic rings. The van der Waals surface area contributed by atoms with Crippen LogP contribution in [0.3, 0.4) is 0 Å².